The molecule has 2 aromatic heterocycles. The molecule has 11 nitrogen and oxygen atoms in total. The topological polar surface area (TPSA) is 142 Å². The summed E-state index contributed by atoms with van der Waals surface area (Å²) in [5, 5.41) is 13.0. The largest absolute Gasteiger partial charge is 0.478 e. The first kappa shape index (κ1) is 35.2. The van der Waals surface area contributed by atoms with E-state index < -0.39 is 55.6 Å². The molecule has 0 aliphatic carbocycles. The van der Waals surface area contributed by atoms with E-state index in [1.54, 1.807) is 6.92 Å². The molecule has 0 amide bonds. The van der Waals surface area contributed by atoms with Gasteiger partial charge in [-0.05, 0) is 30.7 Å². The van der Waals surface area contributed by atoms with Crippen molar-refractivity contribution >= 4 is 34.2 Å². The van der Waals surface area contributed by atoms with Gasteiger partial charge in [-0.3, -0.25) is 4.98 Å². The number of aromatic carboxylic acids is 1. The van der Waals surface area contributed by atoms with Gasteiger partial charge in [0.1, 0.15) is 28.7 Å². The number of carbonyl (C=O) groups is 2. The molecule has 0 fully saturated rings. The van der Waals surface area contributed by atoms with Crippen LogP contribution in [-0.2, 0) is 4.74 Å². The summed E-state index contributed by atoms with van der Waals surface area (Å²) in [5.74, 6) is -4.76. The van der Waals surface area contributed by atoms with E-state index in [-0.39, 0.29) is 63.1 Å². The van der Waals surface area contributed by atoms with Crippen LogP contribution in [0.5, 0.6) is 23.4 Å². The fourth-order valence-corrected chi connectivity index (χ4v) is 4.59. The number of hydrogen-bond donors (Lipinski definition) is 2. The van der Waals surface area contributed by atoms with E-state index in [0.717, 1.165) is 24.4 Å². The molecule has 0 spiro atoms. The van der Waals surface area contributed by atoms with Gasteiger partial charge in [-0.2, -0.15) is 4.98 Å². The molecule has 0 bridgehead atoms. The van der Waals surface area contributed by atoms with Crippen LogP contribution in [0.1, 0.15) is 27.6 Å². The van der Waals surface area contributed by atoms with E-state index >= 15 is 0 Å². The van der Waals surface area contributed by atoms with Crippen LogP contribution in [0.4, 0.5) is 37.7 Å². The van der Waals surface area contributed by atoms with Crippen molar-refractivity contribution < 1.29 is 60.0 Å². The standard InChI is InChI=1S/C33H24F6N4O7/c1-2-47-32(46)25-13-40-26-7-16(24-12-41-33(49-15-28(38)39)43-30(24)48-14-27(36)37)3-4-23(26)29(25)42-20-5-17(31(44)45)6-21(11-20)50-22-9-18(34)8-19(35)10-22/h3-13,27-28H,2,14-15H2,1H3,(H,40,42)(H,44,45). The van der Waals surface area contributed by atoms with Gasteiger partial charge in [0.25, 0.3) is 12.9 Å². The summed E-state index contributed by atoms with van der Waals surface area (Å²) in [7, 11) is 0. The van der Waals surface area contributed by atoms with Gasteiger partial charge in [-0.1, -0.05) is 12.1 Å². The number of nitrogens with zero attached hydrogens (tertiary/aromatic N) is 3. The van der Waals surface area contributed by atoms with E-state index in [2.05, 4.69) is 20.3 Å². The van der Waals surface area contributed by atoms with Crippen LogP contribution in [-0.4, -0.2) is 64.7 Å². The summed E-state index contributed by atoms with van der Waals surface area (Å²) >= 11 is 0. The van der Waals surface area contributed by atoms with E-state index in [4.69, 9.17) is 18.9 Å². The van der Waals surface area contributed by atoms with E-state index in [1.807, 2.05) is 0 Å². The second-order valence-electron chi connectivity index (χ2n) is 10.2. The van der Waals surface area contributed by atoms with Crippen molar-refractivity contribution in [3.8, 4) is 34.5 Å². The number of aromatic nitrogens is 3. The molecule has 3 aromatic carbocycles. The second-order valence-corrected chi connectivity index (χ2v) is 10.2. The summed E-state index contributed by atoms with van der Waals surface area (Å²) in [4.78, 5) is 37.0. The maximum absolute atomic E-state index is 13.8. The number of esters is 1. The Kier molecular flexibility index (Phi) is 10.8. The van der Waals surface area contributed by atoms with Gasteiger partial charge in [-0.25, -0.2) is 40.9 Å². The Morgan fingerprint density at radius 2 is 1.56 bits per heavy atom. The lowest BCUT2D eigenvalue weighted by Gasteiger charge is -2.17. The summed E-state index contributed by atoms with van der Waals surface area (Å²) in [6.45, 7) is -0.528. The van der Waals surface area contributed by atoms with Crippen LogP contribution in [0, 0.1) is 11.6 Å². The molecule has 5 aromatic rings. The molecule has 0 radical (unpaired) electrons. The predicted molar refractivity (Wildman–Crippen MR) is 165 cm³/mol. The molecule has 0 aliphatic heterocycles. The number of fused-ring (bicyclic) bond motifs is 1. The van der Waals surface area contributed by atoms with Gasteiger partial charge >= 0.3 is 17.9 Å². The van der Waals surface area contributed by atoms with Crippen LogP contribution in [0.2, 0.25) is 0 Å². The number of carboxylic acids is 1. The van der Waals surface area contributed by atoms with Crippen LogP contribution < -0.4 is 19.5 Å². The average molecular weight is 703 g/mol. The van der Waals surface area contributed by atoms with Crippen LogP contribution >= 0.6 is 0 Å². The molecular weight excluding hydrogens is 678 g/mol. The van der Waals surface area contributed by atoms with E-state index in [1.165, 1.54) is 36.5 Å². The van der Waals surface area contributed by atoms with Crippen LogP contribution in [0.25, 0.3) is 22.0 Å². The molecule has 0 saturated heterocycles. The van der Waals surface area contributed by atoms with Crippen molar-refractivity contribution in [2.24, 2.45) is 0 Å². The quantitative estimate of drug-likeness (QED) is 0.0870. The Balaban J connectivity index is 1.58. The van der Waals surface area contributed by atoms with Gasteiger partial charge in [0.2, 0.25) is 5.88 Å². The zero-order chi connectivity index (χ0) is 35.9. The number of carbonyl (C=O) groups excluding carboxylic acids is 1. The highest BCUT2D eigenvalue weighted by molar-refractivity contribution is 6.07. The third-order valence-corrected chi connectivity index (χ3v) is 6.59. The Labute approximate surface area is 278 Å². The maximum atomic E-state index is 13.8. The Hall–Kier alpha value is -6.13. The molecule has 17 heteroatoms. The molecule has 260 valence electrons. The minimum absolute atomic E-state index is 0.00431. The number of pyridine rings is 1. The zero-order valence-electron chi connectivity index (χ0n) is 25.6. The number of anilines is 2. The number of carboxylic acid groups (broad SMARTS) is 1. The van der Waals surface area contributed by atoms with Gasteiger partial charge < -0.3 is 29.4 Å². The van der Waals surface area contributed by atoms with Crippen molar-refractivity contribution in [3.63, 3.8) is 0 Å². The number of ether oxygens (including phenoxy) is 4. The highest BCUT2D eigenvalue weighted by atomic mass is 19.3. The fraction of sp³-hybridized carbons (Fsp3) is 0.182. The lowest BCUT2D eigenvalue weighted by atomic mass is 10.0. The number of benzene rings is 3. The average Bonchev–Trinajstić information content (AvgIpc) is 3.05. The van der Waals surface area contributed by atoms with Crippen molar-refractivity contribution in [2.75, 3.05) is 25.1 Å². The molecule has 0 atom stereocenters. The Morgan fingerprint density at radius 3 is 2.24 bits per heavy atom. The molecule has 50 heavy (non-hydrogen) atoms. The van der Waals surface area contributed by atoms with E-state index in [9.17, 15) is 41.0 Å². The van der Waals surface area contributed by atoms with Gasteiger partial charge in [0, 0.05) is 47.7 Å². The monoisotopic (exact) mass is 702 g/mol. The van der Waals surface area contributed by atoms with Crippen LogP contribution in [0.3, 0.4) is 0 Å². The highest BCUT2D eigenvalue weighted by Crippen LogP contribution is 2.37. The predicted octanol–water partition coefficient (Wildman–Crippen LogP) is 7.67. The zero-order valence-corrected chi connectivity index (χ0v) is 25.6. The number of nitrogens with one attached hydrogen (secondary N) is 1. The smallest absolute Gasteiger partial charge is 0.341 e. The van der Waals surface area contributed by atoms with Crippen molar-refractivity contribution in [1.29, 1.82) is 0 Å². The summed E-state index contributed by atoms with van der Waals surface area (Å²) in [5.41, 5.74) is 0.422. The summed E-state index contributed by atoms with van der Waals surface area (Å²) in [6.07, 6.45) is -3.42. The summed E-state index contributed by atoms with van der Waals surface area (Å²) < 4.78 is 99.5. The van der Waals surface area contributed by atoms with Crippen molar-refractivity contribution in [3.05, 3.63) is 89.8 Å². The first-order valence-corrected chi connectivity index (χ1v) is 14.5. The number of rotatable bonds is 14. The Bertz CT molecular complexity index is 2030. The third-order valence-electron chi connectivity index (χ3n) is 6.59. The minimum Gasteiger partial charge on any atom is -0.478 e. The first-order valence-electron chi connectivity index (χ1n) is 14.5. The molecule has 0 aliphatic rings. The molecule has 0 saturated carbocycles. The Morgan fingerprint density at radius 1 is 0.860 bits per heavy atom. The third kappa shape index (κ3) is 8.66. The molecule has 2 N–H and O–H groups in total. The minimum atomic E-state index is -2.89. The fourth-order valence-electron chi connectivity index (χ4n) is 4.59. The first-order chi connectivity index (χ1) is 23.9. The highest BCUT2D eigenvalue weighted by Gasteiger charge is 2.21. The second kappa shape index (κ2) is 15.4. The molecule has 5 rings (SSSR count). The molecule has 2 heterocycles. The van der Waals surface area contributed by atoms with Gasteiger partial charge in [0.05, 0.1) is 28.9 Å². The number of halogens is 6. The van der Waals surface area contributed by atoms with Gasteiger partial charge in [0.15, 0.2) is 13.2 Å². The molecular formula is C33H24F6N4O7. The molecule has 0 unspecified atom stereocenters. The SMILES string of the molecule is CCOC(=O)c1cnc2cc(-c3cnc(OCC(F)F)nc3OCC(F)F)ccc2c1Nc1cc(Oc2cc(F)cc(F)c2)cc(C(=O)O)c1. The maximum Gasteiger partial charge on any atom is 0.341 e. The van der Waals surface area contributed by atoms with Crippen molar-refractivity contribution in [2.45, 2.75) is 19.8 Å². The summed E-state index contributed by atoms with van der Waals surface area (Å²) in [6, 6.07) is 10.0. The van der Waals surface area contributed by atoms with Crippen LogP contribution in [0.15, 0.2) is 67.0 Å². The lowest BCUT2D eigenvalue weighted by Crippen LogP contribution is -2.12. The van der Waals surface area contributed by atoms with E-state index in [0.29, 0.717) is 11.5 Å². The normalized spacial score (nSPS) is 11.1. The van der Waals surface area contributed by atoms with Crippen molar-refractivity contribution in [1.82, 2.24) is 15.0 Å². The number of hydrogen-bond acceptors (Lipinski definition) is 10. The number of alkyl halides is 4. The lowest BCUT2D eigenvalue weighted by molar-refractivity contribution is 0.0526. The van der Waals surface area contributed by atoms with Gasteiger partial charge in [-0.15, -0.1) is 0 Å².